The number of benzene rings is 1. The van der Waals surface area contributed by atoms with Crippen LogP contribution in [0.5, 0.6) is 5.75 Å². The molecule has 1 aromatic rings. The fourth-order valence-electron chi connectivity index (χ4n) is 5.36. The molecule has 3 fully saturated rings. The summed E-state index contributed by atoms with van der Waals surface area (Å²) in [7, 11) is 2.11. The van der Waals surface area contributed by atoms with Crippen LogP contribution in [0, 0.1) is 11.3 Å². The summed E-state index contributed by atoms with van der Waals surface area (Å²) >= 11 is 0. The maximum Gasteiger partial charge on any atom is 0.236 e. The fraction of sp³-hybridized carbons (Fsp3) is 0.704. The molecule has 0 aromatic heterocycles. The van der Waals surface area contributed by atoms with E-state index in [4.69, 9.17) is 4.74 Å². The van der Waals surface area contributed by atoms with Crippen molar-refractivity contribution in [2.24, 2.45) is 11.3 Å². The molecule has 3 aliphatic heterocycles. The molecule has 0 atom stereocenters. The van der Waals surface area contributed by atoms with Crippen LogP contribution < -0.4 is 4.74 Å². The van der Waals surface area contributed by atoms with E-state index in [1.54, 1.807) is 0 Å². The molecule has 4 rings (SSSR count). The minimum atomic E-state index is -0.229. The number of hydrogen-bond donors (Lipinski definition) is 0. The fourth-order valence-corrected chi connectivity index (χ4v) is 5.36. The standard InChI is InChI=1S/C27H42N4O3/c1-23-8-12-29(13-9-23)21-26(33)30-14-10-27(11-15-30,22-34-24-6-4-3-5-7-24)20-25(32)31-18-16-28(2)17-19-31/h3-7,23H,8-22H2,1-2H3. The highest BCUT2D eigenvalue weighted by atomic mass is 16.5. The van der Waals surface area contributed by atoms with Crippen molar-refractivity contribution in [2.45, 2.75) is 39.0 Å². The zero-order chi connectivity index (χ0) is 24.0. The highest BCUT2D eigenvalue weighted by Gasteiger charge is 2.40. The molecule has 0 bridgehead atoms. The second-order valence-electron chi connectivity index (χ2n) is 10.8. The topological polar surface area (TPSA) is 56.3 Å². The van der Waals surface area contributed by atoms with Crippen molar-refractivity contribution in [1.29, 1.82) is 0 Å². The van der Waals surface area contributed by atoms with Gasteiger partial charge in [-0.15, -0.1) is 0 Å². The Morgan fingerprint density at radius 3 is 2.15 bits per heavy atom. The van der Waals surface area contributed by atoms with Gasteiger partial charge in [0.15, 0.2) is 0 Å². The summed E-state index contributed by atoms with van der Waals surface area (Å²) < 4.78 is 6.19. The average molecular weight is 471 g/mol. The molecule has 3 aliphatic rings. The third-order valence-electron chi connectivity index (χ3n) is 8.08. The van der Waals surface area contributed by atoms with E-state index < -0.39 is 0 Å². The Morgan fingerprint density at radius 2 is 1.50 bits per heavy atom. The van der Waals surface area contributed by atoms with Crippen LogP contribution in [0.3, 0.4) is 0 Å². The lowest BCUT2D eigenvalue weighted by Gasteiger charge is -2.43. The van der Waals surface area contributed by atoms with Crippen LogP contribution in [0.4, 0.5) is 0 Å². The summed E-state index contributed by atoms with van der Waals surface area (Å²) in [4.78, 5) is 34.9. The molecular formula is C27H42N4O3. The number of carbonyl (C=O) groups is 2. The van der Waals surface area contributed by atoms with Gasteiger partial charge in [0.2, 0.25) is 11.8 Å². The van der Waals surface area contributed by atoms with Gasteiger partial charge >= 0.3 is 0 Å². The lowest BCUT2D eigenvalue weighted by atomic mass is 9.75. The molecule has 7 heteroatoms. The summed E-state index contributed by atoms with van der Waals surface area (Å²) in [6.45, 7) is 10.2. The highest BCUT2D eigenvalue weighted by molar-refractivity contribution is 5.79. The average Bonchev–Trinajstić information content (AvgIpc) is 2.86. The molecule has 1 aromatic carbocycles. The number of carbonyl (C=O) groups excluding carboxylic acids is 2. The van der Waals surface area contributed by atoms with Crippen LogP contribution in [-0.2, 0) is 9.59 Å². The number of rotatable bonds is 7. The quantitative estimate of drug-likeness (QED) is 0.613. The Morgan fingerprint density at radius 1 is 0.882 bits per heavy atom. The Labute approximate surface area is 205 Å². The van der Waals surface area contributed by atoms with Crippen LogP contribution in [0.15, 0.2) is 30.3 Å². The van der Waals surface area contributed by atoms with Gasteiger partial charge in [0.05, 0.1) is 13.2 Å². The molecular weight excluding hydrogens is 428 g/mol. The van der Waals surface area contributed by atoms with E-state index in [0.29, 0.717) is 32.7 Å². The summed E-state index contributed by atoms with van der Waals surface area (Å²) in [6.07, 6.45) is 4.48. The van der Waals surface area contributed by atoms with Gasteiger partial charge < -0.3 is 19.4 Å². The number of likely N-dealkylation sites (tertiary alicyclic amines) is 2. The Balaban J connectivity index is 1.35. The largest absolute Gasteiger partial charge is 0.493 e. The van der Waals surface area contributed by atoms with Gasteiger partial charge in [0, 0.05) is 51.1 Å². The van der Waals surface area contributed by atoms with Crippen molar-refractivity contribution in [3.63, 3.8) is 0 Å². The van der Waals surface area contributed by atoms with Gasteiger partial charge in [0.25, 0.3) is 0 Å². The van der Waals surface area contributed by atoms with Crippen molar-refractivity contribution in [1.82, 2.24) is 19.6 Å². The lowest BCUT2D eigenvalue weighted by Crippen LogP contribution is -2.52. The third-order valence-corrected chi connectivity index (χ3v) is 8.08. The van der Waals surface area contributed by atoms with Gasteiger partial charge in [-0.05, 0) is 63.9 Å². The monoisotopic (exact) mass is 470 g/mol. The molecule has 2 amide bonds. The van der Waals surface area contributed by atoms with Crippen LogP contribution in [0.1, 0.15) is 39.0 Å². The zero-order valence-corrected chi connectivity index (χ0v) is 21.1. The minimum absolute atomic E-state index is 0.229. The van der Waals surface area contributed by atoms with Gasteiger partial charge in [-0.25, -0.2) is 0 Å². The first-order valence-corrected chi connectivity index (χ1v) is 13.1. The van der Waals surface area contributed by atoms with Crippen molar-refractivity contribution in [3.8, 4) is 5.75 Å². The lowest BCUT2D eigenvalue weighted by molar-refractivity contribution is -0.139. The van der Waals surface area contributed by atoms with Gasteiger partial charge in [-0.2, -0.15) is 0 Å². The van der Waals surface area contributed by atoms with E-state index in [1.165, 1.54) is 12.8 Å². The Bertz CT molecular complexity index is 793. The van der Waals surface area contributed by atoms with E-state index in [2.05, 4.69) is 23.8 Å². The first-order valence-electron chi connectivity index (χ1n) is 13.1. The maximum atomic E-state index is 13.3. The van der Waals surface area contributed by atoms with Crippen LogP contribution in [0.25, 0.3) is 0 Å². The SMILES string of the molecule is CC1CCN(CC(=O)N2CCC(COc3ccccc3)(CC(=O)N3CCN(C)CC3)CC2)CC1. The highest BCUT2D eigenvalue weighted by Crippen LogP contribution is 2.37. The number of ether oxygens (including phenoxy) is 1. The maximum absolute atomic E-state index is 13.3. The molecule has 0 N–H and O–H groups in total. The minimum Gasteiger partial charge on any atom is -0.493 e. The zero-order valence-electron chi connectivity index (χ0n) is 21.1. The molecule has 0 saturated carbocycles. The number of amides is 2. The van der Waals surface area contributed by atoms with Crippen LogP contribution in [0.2, 0.25) is 0 Å². The molecule has 0 unspecified atom stereocenters. The summed E-state index contributed by atoms with van der Waals surface area (Å²) in [6, 6.07) is 9.86. The normalized spacial score (nSPS) is 22.5. The smallest absolute Gasteiger partial charge is 0.236 e. The number of hydrogen-bond acceptors (Lipinski definition) is 5. The molecule has 0 aliphatic carbocycles. The van der Waals surface area contributed by atoms with Crippen LogP contribution in [-0.4, -0.2) is 104 Å². The third kappa shape index (κ3) is 6.72. The van der Waals surface area contributed by atoms with Crippen molar-refractivity contribution in [2.75, 3.05) is 72.6 Å². The Kier molecular flexibility index (Phi) is 8.48. The molecule has 3 saturated heterocycles. The predicted molar refractivity (Wildman–Crippen MR) is 134 cm³/mol. The first kappa shape index (κ1) is 25.0. The number of piperazine rings is 1. The van der Waals surface area contributed by atoms with E-state index in [1.807, 2.05) is 40.1 Å². The number of para-hydroxylation sites is 1. The summed E-state index contributed by atoms with van der Waals surface area (Å²) in [5.41, 5.74) is -0.229. The van der Waals surface area contributed by atoms with Crippen molar-refractivity contribution in [3.05, 3.63) is 30.3 Å². The second kappa shape index (κ2) is 11.5. The molecule has 7 nitrogen and oxygen atoms in total. The van der Waals surface area contributed by atoms with E-state index in [0.717, 1.165) is 63.8 Å². The number of nitrogens with zero attached hydrogens (tertiary/aromatic N) is 4. The second-order valence-corrected chi connectivity index (χ2v) is 10.8. The molecule has 34 heavy (non-hydrogen) atoms. The Hall–Kier alpha value is -2.12. The van der Waals surface area contributed by atoms with Crippen molar-refractivity contribution < 1.29 is 14.3 Å². The van der Waals surface area contributed by atoms with Crippen molar-refractivity contribution >= 4 is 11.8 Å². The molecule has 0 radical (unpaired) electrons. The first-order chi connectivity index (χ1) is 16.4. The molecule has 3 heterocycles. The van der Waals surface area contributed by atoms with Gasteiger partial charge in [-0.1, -0.05) is 25.1 Å². The number of piperidine rings is 2. The van der Waals surface area contributed by atoms with E-state index in [-0.39, 0.29) is 17.2 Å². The summed E-state index contributed by atoms with van der Waals surface area (Å²) in [5, 5.41) is 0. The van der Waals surface area contributed by atoms with Gasteiger partial charge in [0.1, 0.15) is 5.75 Å². The van der Waals surface area contributed by atoms with E-state index in [9.17, 15) is 9.59 Å². The summed E-state index contributed by atoms with van der Waals surface area (Å²) in [5.74, 6) is 2.07. The van der Waals surface area contributed by atoms with Crippen LogP contribution >= 0.6 is 0 Å². The van der Waals surface area contributed by atoms with E-state index >= 15 is 0 Å². The van der Waals surface area contributed by atoms with Gasteiger partial charge in [-0.3, -0.25) is 14.5 Å². The number of likely N-dealkylation sites (N-methyl/N-ethyl adjacent to an activating group) is 1. The molecule has 0 spiro atoms. The molecule has 188 valence electrons. The predicted octanol–water partition coefficient (Wildman–Crippen LogP) is 2.57.